The Bertz CT molecular complexity index is 1330. The van der Waals surface area contributed by atoms with Crippen molar-refractivity contribution in [2.75, 3.05) is 10.6 Å². The lowest BCUT2D eigenvalue weighted by molar-refractivity contribution is -0.137. The van der Waals surface area contributed by atoms with Crippen molar-refractivity contribution in [3.05, 3.63) is 83.2 Å². The molecule has 0 aliphatic carbocycles. The first-order chi connectivity index (χ1) is 15.2. The zero-order chi connectivity index (χ0) is 22.9. The molecular weight excluding hydrogens is 423 g/mol. The maximum Gasteiger partial charge on any atom is 0.416 e. The Hall–Kier alpha value is -4.21. The Morgan fingerprint density at radius 1 is 0.938 bits per heavy atom. The van der Waals surface area contributed by atoms with Crippen LogP contribution in [0.5, 0.6) is 0 Å². The number of aryl methyl sites for hydroxylation is 1. The van der Waals surface area contributed by atoms with Crippen LogP contribution in [0.15, 0.2) is 60.9 Å². The molecule has 4 aromatic rings. The number of aromatic amines is 1. The number of H-pyrrole nitrogens is 1. The van der Waals surface area contributed by atoms with Crippen molar-refractivity contribution in [3.63, 3.8) is 0 Å². The lowest BCUT2D eigenvalue weighted by atomic mass is 10.1. The Balaban J connectivity index is 1.52. The third-order valence-corrected chi connectivity index (χ3v) is 4.75. The molecule has 2 aromatic heterocycles. The van der Waals surface area contributed by atoms with Crippen LogP contribution in [-0.2, 0) is 6.18 Å². The van der Waals surface area contributed by atoms with Crippen molar-refractivity contribution in [2.24, 2.45) is 0 Å². The fourth-order valence-corrected chi connectivity index (χ4v) is 3.03. The summed E-state index contributed by atoms with van der Waals surface area (Å²) in [5.74, 6) is -1.11. The molecule has 0 saturated carbocycles. The highest BCUT2D eigenvalue weighted by Gasteiger charge is 2.30. The highest BCUT2D eigenvalue weighted by atomic mass is 19.4. The smallest absolute Gasteiger partial charge is 0.322 e. The number of anilines is 2. The van der Waals surface area contributed by atoms with Gasteiger partial charge in [-0.05, 0) is 48.9 Å². The fraction of sp³-hybridized carbons (Fsp3) is 0.0909. The van der Waals surface area contributed by atoms with E-state index in [1.165, 1.54) is 24.4 Å². The Labute approximate surface area is 179 Å². The number of carbonyl (C=O) groups is 2. The number of hydrogen-bond donors (Lipinski definition) is 3. The number of amides is 2. The highest BCUT2D eigenvalue weighted by molar-refractivity contribution is 6.07. The first kappa shape index (κ1) is 21.0. The molecule has 2 amide bonds. The van der Waals surface area contributed by atoms with Crippen LogP contribution in [0, 0.1) is 6.92 Å². The largest absolute Gasteiger partial charge is 0.416 e. The second kappa shape index (κ2) is 8.14. The van der Waals surface area contributed by atoms with Gasteiger partial charge in [0.05, 0.1) is 17.3 Å². The third kappa shape index (κ3) is 4.43. The highest BCUT2D eigenvalue weighted by Crippen LogP contribution is 2.30. The molecule has 0 bridgehead atoms. The van der Waals surface area contributed by atoms with Crippen molar-refractivity contribution in [1.29, 1.82) is 0 Å². The summed E-state index contributed by atoms with van der Waals surface area (Å²) in [5, 5.41) is 12.6. The summed E-state index contributed by atoms with van der Waals surface area (Å²) in [4.78, 5) is 29.2. The number of hydrogen-bond acceptors (Lipinski definition) is 4. The summed E-state index contributed by atoms with van der Waals surface area (Å²) in [6.07, 6.45) is -1.59. The van der Waals surface area contributed by atoms with Crippen LogP contribution in [0.2, 0.25) is 0 Å². The van der Waals surface area contributed by atoms with Gasteiger partial charge in [-0.3, -0.25) is 14.7 Å². The van der Waals surface area contributed by atoms with Crippen molar-refractivity contribution < 1.29 is 22.8 Å². The lowest BCUT2D eigenvalue weighted by Crippen LogP contribution is -2.15. The zero-order valence-corrected chi connectivity index (χ0v) is 16.6. The first-order valence-electron chi connectivity index (χ1n) is 9.40. The predicted molar refractivity (Wildman–Crippen MR) is 112 cm³/mol. The molecule has 0 fully saturated rings. The number of nitrogens with zero attached hydrogens (tertiary/aromatic N) is 2. The van der Waals surface area contributed by atoms with Gasteiger partial charge in [-0.15, -0.1) is 0 Å². The van der Waals surface area contributed by atoms with E-state index in [1.54, 1.807) is 31.3 Å². The van der Waals surface area contributed by atoms with Crippen molar-refractivity contribution >= 4 is 34.2 Å². The van der Waals surface area contributed by atoms with Crippen LogP contribution in [0.1, 0.15) is 31.8 Å². The Kier molecular flexibility index (Phi) is 5.35. The van der Waals surface area contributed by atoms with Crippen molar-refractivity contribution in [2.45, 2.75) is 13.1 Å². The second-order valence-corrected chi connectivity index (χ2v) is 7.05. The molecule has 0 aliphatic rings. The number of halogens is 3. The summed E-state index contributed by atoms with van der Waals surface area (Å²) in [7, 11) is 0. The van der Waals surface area contributed by atoms with E-state index in [9.17, 15) is 22.8 Å². The van der Waals surface area contributed by atoms with E-state index in [0.29, 0.717) is 28.0 Å². The van der Waals surface area contributed by atoms with E-state index in [4.69, 9.17) is 0 Å². The molecule has 0 aliphatic heterocycles. The topological polar surface area (TPSA) is 99.8 Å². The Morgan fingerprint density at radius 3 is 2.50 bits per heavy atom. The SMILES string of the molecule is Cc1ccc(NC(=O)c2cccc(C(F)(F)F)c2)cc1NC(=O)c1cnc2[nH]ncc2c1. The van der Waals surface area contributed by atoms with Crippen LogP contribution in [0.4, 0.5) is 24.5 Å². The van der Waals surface area contributed by atoms with Gasteiger partial charge in [0.1, 0.15) is 0 Å². The van der Waals surface area contributed by atoms with Gasteiger partial charge in [0.2, 0.25) is 0 Å². The monoisotopic (exact) mass is 439 g/mol. The van der Waals surface area contributed by atoms with Crippen LogP contribution in [-0.4, -0.2) is 27.0 Å². The fourth-order valence-electron chi connectivity index (χ4n) is 3.03. The molecule has 7 nitrogen and oxygen atoms in total. The van der Waals surface area contributed by atoms with Crippen LogP contribution in [0.3, 0.4) is 0 Å². The summed E-state index contributed by atoms with van der Waals surface area (Å²) >= 11 is 0. The molecule has 0 saturated heterocycles. The number of fused-ring (bicyclic) bond motifs is 1. The normalized spacial score (nSPS) is 11.4. The van der Waals surface area contributed by atoms with E-state index in [2.05, 4.69) is 25.8 Å². The van der Waals surface area contributed by atoms with Gasteiger partial charge in [0.25, 0.3) is 11.8 Å². The minimum Gasteiger partial charge on any atom is -0.322 e. The summed E-state index contributed by atoms with van der Waals surface area (Å²) in [6.45, 7) is 1.77. The maximum atomic E-state index is 12.9. The number of aromatic nitrogens is 3. The maximum absolute atomic E-state index is 12.9. The molecule has 0 atom stereocenters. The van der Waals surface area contributed by atoms with Crippen LogP contribution >= 0.6 is 0 Å². The van der Waals surface area contributed by atoms with Gasteiger partial charge < -0.3 is 10.6 Å². The summed E-state index contributed by atoms with van der Waals surface area (Å²) in [6, 6.07) is 10.6. The molecule has 2 heterocycles. The van der Waals surface area contributed by atoms with E-state index in [-0.39, 0.29) is 5.56 Å². The summed E-state index contributed by atoms with van der Waals surface area (Å²) in [5.41, 5.74) is 1.30. The average Bonchev–Trinajstić information content (AvgIpc) is 3.23. The molecule has 0 radical (unpaired) electrons. The number of rotatable bonds is 4. The second-order valence-electron chi connectivity index (χ2n) is 7.05. The van der Waals surface area contributed by atoms with E-state index in [0.717, 1.165) is 17.7 Å². The molecule has 0 unspecified atom stereocenters. The van der Waals surface area contributed by atoms with E-state index < -0.39 is 23.6 Å². The quantitative estimate of drug-likeness (QED) is 0.426. The minimum absolute atomic E-state index is 0.134. The number of alkyl halides is 3. The van der Waals surface area contributed by atoms with Crippen molar-refractivity contribution in [1.82, 2.24) is 15.2 Å². The minimum atomic E-state index is -4.55. The van der Waals surface area contributed by atoms with Gasteiger partial charge in [-0.2, -0.15) is 18.3 Å². The average molecular weight is 439 g/mol. The van der Waals surface area contributed by atoms with E-state index in [1.807, 2.05) is 0 Å². The number of pyridine rings is 1. The van der Waals surface area contributed by atoms with E-state index >= 15 is 0 Å². The first-order valence-corrected chi connectivity index (χ1v) is 9.40. The molecule has 32 heavy (non-hydrogen) atoms. The molecular formula is C22H16F3N5O2. The van der Waals surface area contributed by atoms with Crippen molar-refractivity contribution in [3.8, 4) is 0 Å². The molecule has 2 aromatic carbocycles. The molecule has 3 N–H and O–H groups in total. The van der Waals surface area contributed by atoms with Gasteiger partial charge >= 0.3 is 6.18 Å². The molecule has 162 valence electrons. The van der Waals surface area contributed by atoms with Gasteiger partial charge in [0.15, 0.2) is 5.65 Å². The number of nitrogens with one attached hydrogen (secondary N) is 3. The number of carbonyl (C=O) groups excluding carboxylic acids is 2. The predicted octanol–water partition coefficient (Wildman–Crippen LogP) is 4.79. The van der Waals surface area contributed by atoms with Gasteiger partial charge in [-0.25, -0.2) is 4.98 Å². The molecule has 10 heteroatoms. The van der Waals surface area contributed by atoms with Crippen LogP contribution in [0.25, 0.3) is 11.0 Å². The number of benzene rings is 2. The molecule has 0 spiro atoms. The van der Waals surface area contributed by atoms with Gasteiger partial charge in [-0.1, -0.05) is 12.1 Å². The summed E-state index contributed by atoms with van der Waals surface area (Å²) < 4.78 is 38.7. The zero-order valence-electron chi connectivity index (χ0n) is 16.6. The van der Waals surface area contributed by atoms with Crippen LogP contribution < -0.4 is 10.6 Å². The Morgan fingerprint density at radius 2 is 1.72 bits per heavy atom. The lowest BCUT2D eigenvalue weighted by Gasteiger charge is -2.12. The van der Waals surface area contributed by atoms with Gasteiger partial charge in [0, 0.05) is 28.5 Å². The standard InChI is InChI=1S/C22H16F3N5O2/c1-12-5-6-17(28-20(31)13-3-2-4-16(8-13)22(23,24)25)9-18(12)29-21(32)15-7-14-11-27-30-19(14)26-10-15/h2-11H,1H3,(H,28,31)(H,29,32)(H,26,27,30). The third-order valence-electron chi connectivity index (χ3n) is 4.75. The molecule has 4 rings (SSSR count).